The molecule has 0 unspecified atom stereocenters. The number of rotatable bonds is 4. The number of pyridine rings is 1. The predicted molar refractivity (Wildman–Crippen MR) is 92.3 cm³/mol. The van der Waals surface area contributed by atoms with Crippen LogP contribution in [-0.4, -0.2) is 29.1 Å². The van der Waals surface area contributed by atoms with Crippen LogP contribution in [0.4, 0.5) is 9.18 Å². The zero-order valence-electron chi connectivity index (χ0n) is 14.0. The average molecular weight is 343 g/mol. The number of hydrogen-bond donors (Lipinski definition) is 1. The molecule has 0 spiro atoms. The zero-order chi connectivity index (χ0) is 17.6. The Morgan fingerprint density at radius 1 is 1.24 bits per heavy atom. The van der Waals surface area contributed by atoms with E-state index >= 15 is 0 Å². The third-order valence-corrected chi connectivity index (χ3v) is 4.56. The molecule has 25 heavy (non-hydrogen) atoms. The van der Waals surface area contributed by atoms with Gasteiger partial charge in [0.2, 0.25) is 0 Å². The van der Waals surface area contributed by atoms with Gasteiger partial charge in [-0.3, -0.25) is 4.98 Å². The molecule has 1 saturated heterocycles. The fourth-order valence-corrected chi connectivity index (χ4v) is 3.09. The lowest BCUT2D eigenvalue weighted by atomic mass is 9.92. The van der Waals surface area contributed by atoms with E-state index in [1.54, 1.807) is 17.2 Å². The summed E-state index contributed by atoms with van der Waals surface area (Å²) in [6.45, 7) is 1.48. The highest BCUT2D eigenvalue weighted by molar-refractivity contribution is 5.67. The summed E-state index contributed by atoms with van der Waals surface area (Å²) in [6.07, 6.45) is 2.60. The first-order chi connectivity index (χ1) is 12.2. The highest BCUT2D eigenvalue weighted by Crippen LogP contribution is 2.29. The van der Waals surface area contributed by atoms with Crippen molar-refractivity contribution in [3.8, 4) is 0 Å². The summed E-state index contributed by atoms with van der Waals surface area (Å²) in [5.74, 6) is -0.306. The van der Waals surface area contributed by atoms with Crippen LogP contribution in [0.15, 0.2) is 42.6 Å². The molecule has 5 nitrogen and oxygen atoms in total. The Kier molecular flexibility index (Phi) is 5.60. The number of hydrogen-bond acceptors (Lipinski definition) is 4. The fraction of sp³-hybridized carbons (Fsp3) is 0.368. The number of nitrogens with two attached hydrogens (primary N) is 1. The van der Waals surface area contributed by atoms with Crippen LogP contribution in [0.25, 0.3) is 0 Å². The van der Waals surface area contributed by atoms with Gasteiger partial charge in [0, 0.05) is 37.3 Å². The second kappa shape index (κ2) is 8.07. The van der Waals surface area contributed by atoms with E-state index in [4.69, 9.17) is 10.5 Å². The summed E-state index contributed by atoms with van der Waals surface area (Å²) < 4.78 is 19.7. The van der Waals surface area contributed by atoms with Crippen LogP contribution in [0.5, 0.6) is 0 Å². The molecule has 0 saturated carbocycles. The highest BCUT2D eigenvalue weighted by atomic mass is 19.1. The normalized spacial score (nSPS) is 15.2. The van der Waals surface area contributed by atoms with Crippen molar-refractivity contribution in [1.29, 1.82) is 0 Å². The number of nitrogens with zero attached hydrogens (tertiary/aromatic N) is 2. The van der Waals surface area contributed by atoms with Gasteiger partial charge in [0.15, 0.2) is 0 Å². The number of ether oxygens (including phenoxy) is 1. The lowest BCUT2D eigenvalue weighted by Gasteiger charge is -2.31. The molecule has 2 N–H and O–H groups in total. The number of likely N-dealkylation sites (tertiary alicyclic amines) is 1. The largest absolute Gasteiger partial charge is 0.445 e. The molecule has 1 aromatic carbocycles. The lowest BCUT2D eigenvalue weighted by molar-refractivity contribution is 0.0866. The van der Waals surface area contributed by atoms with Crippen LogP contribution in [0, 0.1) is 5.82 Å². The van der Waals surface area contributed by atoms with Gasteiger partial charge in [-0.1, -0.05) is 30.3 Å². The number of piperidine rings is 1. The molecule has 0 aliphatic carbocycles. The van der Waals surface area contributed by atoms with Crippen molar-refractivity contribution in [1.82, 2.24) is 9.88 Å². The smallest absolute Gasteiger partial charge is 0.410 e. The van der Waals surface area contributed by atoms with Crippen molar-refractivity contribution in [2.75, 3.05) is 13.1 Å². The predicted octanol–water partition coefficient (Wildman–Crippen LogP) is 3.20. The van der Waals surface area contributed by atoms with Crippen molar-refractivity contribution in [2.24, 2.45) is 5.73 Å². The van der Waals surface area contributed by atoms with E-state index in [0.717, 1.165) is 5.56 Å². The van der Waals surface area contributed by atoms with Gasteiger partial charge in [0.05, 0.1) is 5.69 Å². The fourth-order valence-electron chi connectivity index (χ4n) is 3.09. The topological polar surface area (TPSA) is 68.5 Å². The molecule has 1 fully saturated rings. The molecule has 0 radical (unpaired) electrons. The molecule has 2 heterocycles. The van der Waals surface area contributed by atoms with Crippen LogP contribution >= 0.6 is 0 Å². The van der Waals surface area contributed by atoms with Crippen molar-refractivity contribution >= 4 is 6.09 Å². The average Bonchev–Trinajstić information content (AvgIpc) is 2.67. The lowest BCUT2D eigenvalue weighted by Crippen LogP contribution is -2.38. The second-order valence-electron chi connectivity index (χ2n) is 6.17. The van der Waals surface area contributed by atoms with Crippen molar-refractivity contribution in [2.45, 2.75) is 31.9 Å². The quantitative estimate of drug-likeness (QED) is 0.926. The van der Waals surface area contributed by atoms with Crippen LogP contribution in [0.3, 0.4) is 0 Å². The molecule has 1 aromatic heterocycles. The Morgan fingerprint density at radius 3 is 2.64 bits per heavy atom. The van der Waals surface area contributed by atoms with Crippen molar-refractivity contribution in [3.63, 3.8) is 0 Å². The Balaban J connectivity index is 1.54. The number of aromatic nitrogens is 1. The van der Waals surface area contributed by atoms with E-state index in [1.807, 2.05) is 30.3 Å². The van der Waals surface area contributed by atoms with Crippen molar-refractivity contribution < 1.29 is 13.9 Å². The SMILES string of the molecule is NCc1ccnc(C2CCN(C(=O)OCc3ccccc3)CC2)c1F. The summed E-state index contributed by atoms with van der Waals surface area (Å²) in [5.41, 5.74) is 7.45. The van der Waals surface area contributed by atoms with Gasteiger partial charge in [0.25, 0.3) is 0 Å². The van der Waals surface area contributed by atoms with Crippen molar-refractivity contribution in [3.05, 3.63) is 65.2 Å². The number of amides is 1. The minimum atomic E-state index is -0.327. The van der Waals surface area contributed by atoms with E-state index in [0.29, 0.717) is 37.2 Å². The summed E-state index contributed by atoms with van der Waals surface area (Å²) in [7, 11) is 0. The maximum absolute atomic E-state index is 14.4. The van der Waals surface area contributed by atoms with E-state index in [9.17, 15) is 9.18 Å². The first-order valence-corrected chi connectivity index (χ1v) is 8.48. The third-order valence-electron chi connectivity index (χ3n) is 4.56. The van der Waals surface area contributed by atoms with Crippen LogP contribution in [-0.2, 0) is 17.9 Å². The van der Waals surface area contributed by atoms with Gasteiger partial charge in [-0.05, 0) is 24.5 Å². The molecule has 0 atom stereocenters. The van der Waals surface area contributed by atoms with Crippen LogP contribution in [0.1, 0.15) is 35.6 Å². The zero-order valence-corrected chi connectivity index (χ0v) is 14.0. The molecule has 6 heteroatoms. The molecule has 1 aliphatic rings. The number of benzene rings is 1. The Morgan fingerprint density at radius 2 is 1.96 bits per heavy atom. The Bertz CT molecular complexity index is 716. The van der Waals surface area contributed by atoms with Crippen LogP contribution < -0.4 is 5.73 Å². The second-order valence-corrected chi connectivity index (χ2v) is 6.17. The van der Waals surface area contributed by atoms with Gasteiger partial charge in [-0.2, -0.15) is 0 Å². The molecule has 132 valence electrons. The van der Waals surface area contributed by atoms with Gasteiger partial charge in [-0.25, -0.2) is 9.18 Å². The number of halogens is 1. The van der Waals surface area contributed by atoms with E-state index in [-0.39, 0.29) is 31.0 Å². The Labute approximate surface area is 146 Å². The molecule has 2 aromatic rings. The van der Waals surface area contributed by atoms with Gasteiger partial charge in [0.1, 0.15) is 12.4 Å². The number of carbonyl (C=O) groups excluding carboxylic acids is 1. The Hall–Kier alpha value is -2.47. The van der Waals surface area contributed by atoms with Crippen LogP contribution in [0.2, 0.25) is 0 Å². The molecule has 0 bridgehead atoms. The summed E-state index contributed by atoms with van der Waals surface area (Å²) in [6, 6.07) is 11.2. The van der Waals surface area contributed by atoms with Gasteiger partial charge in [-0.15, -0.1) is 0 Å². The first kappa shape index (κ1) is 17.4. The standard InChI is InChI=1S/C19H22FN3O2/c20-17-16(12-21)6-9-22-18(17)15-7-10-23(11-8-15)19(24)25-13-14-4-2-1-3-5-14/h1-6,9,15H,7-8,10-13,21H2. The van der Waals surface area contributed by atoms with E-state index in [2.05, 4.69) is 4.98 Å². The molecule has 1 amide bonds. The molecular formula is C19H22FN3O2. The van der Waals surface area contributed by atoms with E-state index in [1.165, 1.54) is 0 Å². The molecule has 1 aliphatic heterocycles. The number of carbonyl (C=O) groups is 1. The molecule has 3 rings (SSSR count). The monoisotopic (exact) mass is 343 g/mol. The summed E-state index contributed by atoms with van der Waals surface area (Å²) >= 11 is 0. The summed E-state index contributed by atoms with van der Waals surface area (Å²) in [5, 5.41) is 0. The van der Waals surface area contributed by atoms with E-state index < -0.39 is 0 Å². The maximum atomic E-state index is 14.4. The summed E-state index contributed by atoms with van der Waals surface area (Å²) in [4.78, 5) is 18.0. The minimum absolute atomic E-state index is 0.00433. The maximum Gasteiger partial charge on any atom is 0.410 e. The van der Waals surface area contributed by atoms with Gasteiger partial charge >= 0.3 is 6.09 Å². The highest BCUT2D eigenvalue weighted by Gasteiger charge is 2.27. The third kappa shape index (κ3) is 4.14. The minimum Gasteiger partial charge on any atom is -0.445 e. The van der Waals surface area contributed by atoms with Gasteiger partial charge < -0.3 is 15.4 Å². The molecular weight excluding hydrogens is 321 g/mol. The first-order valence-electron chi connectivity index (χ1n) is 8.48.